The Labute approximate surface area is 162 Å². The molecule has 1 fully saturated rings. The SMILES string of the molecule is O=C(Nc1ccc2c(c1)OCO2)N1CCN(Cc2cnc3ccccn23)CC1. The summed E-state index contributed by atoms with van der Waals surface area (Å²) in [6.45, 7) is 4.08. The molecule has 2 aliphatic heterocycles. The van der Waals surface area contributed by atoms with Crippen molar-refractivity contribution >= 4 is 17.4 Å². The van der Waals surface area contributed by atoms with Gasteiger partial charge in [-0.1, -0.05) is 6.07 Å². The number of nitrogens with one attached hydrogen (secondary N) is 1. The molecule has 0 bridgehead atoms. The van der Waals surface area contributed by atoms with Gasteiger partial charge >= 0.3 is 6.03 Å². The average Bonchev–Trinajstić information content (AvgIpc) is 3.35. The van der Waals surface area contributed by atoms with Crippen molar-refractivity contribution in [1.82, 2.24) is 19.2 Å². The second-order valence-electron chi connectivity index (χ2n) is 6.94. The number of carbonyl (C=O) groups is 1. The van der Waals surface area contributed by atoms with E-state index in [1.54, 1.807) is 6.07 Å². The molecule has 3 aromatic rings. The fourth-order valence-electron chi connectivity index (χ4n) is 3.62. The first-order valence-corrected chi connectivity index (χ1v) is 9.35. The molecule has 1 N–H and O–H groups in total. The Morgan fingerprint density at radius 2 is 1.93 bits per heavy atom. The molecule has 2 aliphatic rings. The lowest BCUT2D eigenvalue weighted by Crippen LogP contribution is -2.49. The highest BCUT2D eigenvalue weighted by atomic mass is 16.7. The van der Waals surface area contributed by atoms with Crippen LogP contribution in [0.5, 0.6) is 11.5 Å². The predicted octanol–water partition coefficient (Wildman–Crippen LogP) is 2.41. The molecule has 0 atom stereocenters. The molecule has 1 aromatic carbocycles. The van der Waals surface area contributed by atoms with E-state index in [0.29, 0.717) is 30.3 Å². The van der Waals surface area contributed by atoms with Crippen LogP contribution in [0.1, 0.15) is 5.69 Å². The number of imidazole rings is 1. The standard InChI is InChI=1S/C20H21N5O3/c26-20(22-15-4-5-17-18(11-15)28-14-27-17)24-9-7-23(8-10-24)13-16-12-21-19-3-1-2-6-25(16)19/h1-6,11-12H,7-10,13-14H2,(H,22,26). The first-order valence-electron chi connectivity index (χ1n) is 9.35. The van der Waals surface area contributed by atoms with Crippen molar-refractivity contribution in [1.29, 1.82) is 0 Å². The third-order valence-electron chi connectivity index (χ3n) is 5.16. The number of ether oxygens (including phenoxy) is 2. The van der Waals surface area contributed by atoms with Gasteiger partial charge in [0.15, 0.2) is 11.5 Å². The van der Waals surface area contributed by atoms with Crippen LogP contribution < -0.4 is 14.8 Å². The van der Waals surface area contributed by atoms with Gasteiger partial charge in [0.1, 0.15) is 5.65 Å². The largest absolute Gasteiger partial charge is 0.454 e. The Balaban J connectivity index is 1.17. The van der Waals surface area contributed by atoms with Crippen molar-refractivity contribution in [2.75, 3.05) is 38.3 Å². The summed E-state index contributed by atoms with van der Waals surface area (Å²) in [5.41, 5.74) is 2.83. The summed E-state index contributed by atoms with van der Waals surface area (Å²) in [6.07, 6.45) is 3.96. The molecule has 4 heterocycles. The first kappa shape index (κ1) is 16.9. The van der Waals surface area contributed by atoms with Gasteiger partial charge in [-0.3, -0.25) is 4.90 Å². The Bertz CT molecular complexity index is 1010. The molecule has 0 saturated carbocycles. The molecule has 8 heteroatoms. The van der Waals surface area contributed by atoms with Crippen molar-refractivity contribution in [2.45, 2.75) is 6.54 Å². The van der Waals surface area contributed by atoms with E-state index in [9.17, 15) is 4.79 Å². The molecule has 5 rings (SSSR count). The minimum absolute atomic E-state index is 0.0895. The lowest BCUT2D eigenvalue weighted by atomic mass is 10.2. The molecule has 2 amide bonds. The van der Waals surface area contributed by atoms with Gasteiger partial charge in [0.2, 0.25) is 6.79 Å². The minimum Gasteiger partial charge on any atom is -0.454 e. The van der Waals surface area contributed by atoms with Gasteiger partial charge in [0.25, 0.3) is 0 Å². The van der Waals surface area contributed by atoms with E-state index in [4.69, 9.17) is 9.47 Å². The van der Waals surface area contributed by atoms with Crippen LogP contribution in [-0.4, -0.2) is 58.2 Å². The summed E-state index contributed by atoms with van der Waals surface area (Å²) in [4.78, 5) is 21.2. The van der Waals surface area contributed by atoms with Crippen LogP contribution in [0.25, 0.3) is 5.65 Å². The lowest BCUT2D eigenvalue weighted by molar-refractivity contribution is 0.142. The van der Waals surface area contributed by atoms with Crippen LogP contribution in [0.4, 0.5) is 10.5 Å². The Hall–Kier alpha value is -3.26. The van der Waals surface area contributed by atoms with E-state index in [-0.39, 0.29) is 12.8 Å². The van der Waals surface area contributed by atoms with E-state index in [1.807, 2.05) is 47.6 Å². The molecule has 0 aliphatic carbocycles. The van der Waals surface area contributed by atoms with E-state index in [2.05, 4.69) is 19.6 Å². The van der Waals surface area contributed by atoms with E-state index in [1.165, 1.54) is 0 Å². The second-order valence-corrected chi connectivity index (χ2v) is 6.94. The van der Waals surface area contributed by atoms with Gasteiger partial charge in [-0.15, -0.1) is 0 Å². The molecule has 0 radical (unpaired) electrons. The van der Waals surface area contributed by atoms with Crippen molar-refractivity contribution in [2.24, 2.45) is 0 Å². The number of carbonyl (C=O) groups excluding carboxylic acids is 1. The number of aromatic nitrogens is 2. The maximum atomic E-state index is 12.6. The van der Waals surface area contributed by atoms with Crippen LogP contribution in [0, 0.1) is 0 Å². The third kappa shape index (κ3) is 3.22. The molecule has 144 valence electrons. The second kappa shape index (κ2) is 7.05. The normalized spacial score (nSPS) is 16.5. The number of benzene rings is 1. The quantitative estimate of drug-likeness (QED) is 0.757. The summed E-state index contributed by atoms with van der Waals surface area (Å²) in [7, 11) is 0. The molecular weight excluding hydrogens is 358 g/mol. The predicted molar refractivity (Wildman–Crippen MR) is 104 cm³/mol. The zero-order valence-corrected chi connectivity index (χ0v) is 15.4. The summed E-state index contributed by atoms with van der Waals surface area (Å²) >= 11 is 0. The van der Waals surface area contributed by atoms with E-state index >= 15 is 0 Å². The highest BCUT2D eigenvalue weighted by Gasteiger charge is 2.22. The number of anilines is 1. The summed E-state index contributed by atoms with van der Waals surface area (Å²) in [5, 5.41) is 2.94. The van der Waals surface area contributed by atoms with E-state index < -0.39 is 0 Å². The summed E-state index contributed by atoms with van der Waals surface area (Å²) in [6, 6.07) is 11.3. The van der Waals surface area contributed by atoms with Gasteiger partial charge < -0.3 is 24.1 Å². The lowest BCUT2D eigenvalue weighted by Gasteiger charge is -2.34. The van der Waals surface area contributed by atoms with Gasteiger partial charge in [-0.2, -0.15) is 0 Å². The highest BCUT2D eigenvalue weighted by molar-refractivity contribution is 5.89. The number of urea groups is 1. The van der Waals surface area contributed by atoms with Crippen molar-refractivity contribution < 1.29 is 14.3 Å². The van der Waals surface area contributed by atoms with Crippen LogP contribution in [0.15, 0.2) is 48.8 Å². The van der Waals surface area contributed by atoms with Crippen molar-refractivity contribution in [3.05, 3.63) is 54.5 Å². The number of rotatable bonds is 3. The van der Waals surface area contributed by atoms with Crippen LogP contribution >= 0.6 is 0 Å². The molecule has 2 aromatic heterocycles. The van der Waals surface area contributed by atoms with Gasteiger partial charge in [0, 0.05) is 50.7 Å². The van der Waals surface area contributed by atoms with Gasteiger partial charge in [-0.25, -0.2) is 9.78 Å². The molecule has 0 spiro atoms. The van der Waals surface area contributed by atoms with Gasteiger partial charge in [0.05, 0.1) is 11.9 Å². The number of nitrogens with zero attached hydrogens (tertiary/aromatic N) is 4. The minimum atomic E-state index is -0.0895. The Kier molecular flexibility index (Phi) is 4.25. The van der Waals surface area contributed by atoms with Crippen molar-refractivity contribution in [3.8, 4) is 11.5 Å². The maximum absolute atomic E-state index is 12.6. The third-order valence-corrected chi connectivity index (χ3v) is 5.16. The highest BCUT2D eigenvalue weighted by Crippen LogP contribution is 2.34. The molecule has 8 nitrogen and oxygen atoms in total. The molecule has 1 saturated heterocycles. The molecular formula is C20H21N5O3. The maximum Gasteiger partial charge on any atom is 0.321 e. The number of hydrogen-bond donors (Lipinski definition) is 1. The number of piperazine rings is 1. The van der Waals surface area contributed by atoms with Crippen LogP contribution in [0.3, 0.4) is 0 Å². The Morgan fingerprint density at radius 1 is 1.07 bits per heavy atom. The van der Waals surface area contributed by atoms with Gasteiger partial charge in [-0.05, 0) is 24.3 Å². The molecule has 28 heavy (non-hydrogen) atoms. The van der Waals surface area contributed by atoms with E-state index in [0.717, 1.165) is 31.0 Å². The average molecular weight is 379 g/mol. The fourth-order valence-corrected chi connectivity index (χ4v) is 3.62. The number of pyridine rings is 1. The summed E-state index contributed by atoms with van der Waals surface area (Å²) in [5.74, 6) is 1.37. The topological polar surface area (TPSA) is 71.3 Å². The number of amides is 2. The fraction of sp³-hybridized carbons (Fsp3) is 0.300. The summed E-state index contributed by atoms with van der Waals surface area (Å²) < 4.78 is 12.8. The zero-order valence-electron chi connectivity index (χ0n) is 15.4. The smallest absolute Gasteiger partial charge is 0.321 e. The monoisotopic (exact) mass is 379 g/mol. The first-order chi connectivity index (χ1) is 13.8. The van der Waals surface area contributed by atoms with Crippen LogP contribution in [0.2, 0.25) is 0 Å². The Morgan fingerprint density at radius 3 is 2.82 bits per heavy atom. The van der Waals surface area contributed by atoms with Crippen LogP contribution in [-0.2, 0) is 6.54 Å². The number of hydrogen-bond acceptors (Lipinski definition) is 5. The van der Waals surface area contributed by atoms with Crippen molar-refractivity contribution in [3.63, 3.8) is 0 Å². The molecule has 0 unspecified atom stereocenters. The number of fused-ring (bicyclic) bond motifs is 2. The zero-order chi connectivity index (χ0) is 18.9.